The molecule has 0 amide bonds. The van der Waals surface area contributed by atoms with Crippen molar-refractivity contribution in [3.63, 3.8) is 0 Å². The summed E-state index contributed by atoms with van der Waals surface area (Å²) in [6.07, 6.45) is 1.77. The molecule has 4 heteroatoms. The molecule has 0 fully saturated rings. The number of hydrogen-bond donors (Lipinski definition) is 0. The lowest BCUT2D eigenvalue weighted by molar-refractivity contribution is -0.135. The molecule has 0 atom stereocenters. The molecule has 0 saturated heterocycles. The van der Waals surface area contributed by atoms with E-state index < -0.39 is 0 Å². The van der Waals surface area contributed by atoms with Gasteiger partial charge >= 0.3 is 5.97 Å². The number of aryl methyl sites for hydroxylation is 1. The fourth-order valence-corrected chi connectivity index (χ4v) is 2.20. The Morgan fingerprint density at radius 3 is 2.85 bits per heavy atom. The Bertz CT molecular complexity index is 341. The van der Waals surface area contributed by atoms with Crippen LogP contribution in [0.2, 0.25) is 0 Å². The first-order chi connectivity index (χ1) is 6.15. The number of thiophene rings is 1. The molecule has 0 aliphatic heterocycles. The van der Waals surface area contributed by atoms with E-state index in [1.807, 2.05) is 18.4 Å². The van der Waals surface area contributed by atoms with E-state index in [-0.39, 0.29) is 5.97 Å². The predicted molar refractivity (Wildman–Crippen MR) is 58.0 cm³/mol. The van der Waals surface area contributed by atoms with E-state index in [9.17, 15) is 4.79 Å². The number of ether oxygens (including phenoxy) is 1. The largest absolute Gasteiger partial charge is 0.465 e. The molecule has 70 valence electrons. The van der Waals surface area contributed by atoms with E-state index in [1.54, 1.807) is 17.4 Å². The highest BCUT2D eigenvalue weighted by atomic mass is 79.9. The lowest BCUT2D eigenvalue weighted by Gasteiger charge is -1.96. The van der Waals surface area contributed by atoms with Gasteiger partial charge in [0.15, 0.2) is 0 Å². The molecule has 0 radical (unpaired) electrons. The third-order valence-electron chi connectivity index (χ3n) is 1.54. The van der Waals surface area contributed by atoms with E-state index in [2.05, 4.69) is 20.7 Å². The molecule has 1 aromatic rings. The van der Waals surface area contributed by atoms with Gasteiger partial charge in [-0.2, -0.15) is 0 Å². The highest BCUT2D eigenvalue weighted by Crippen LogP contribution is 2.21. The second-order valence-electron chi connectivity index (χ2n) is 2.45. The summed E-state index contributed by atoms with van der Waals surface area (Å²) in [6, 6.07) is 2.01. The Morgan fingerprint density at radius 1 is 1.69 bits per heavy atom. The quantitative estimate of drug-likeness (QED) is 0.604. The van der Waals surface area contributed by atoms with Crippen molar-refractivity contribution in [3.05, 3.63) is 26.4 Å². The van der Waals surface area contributed by atoms with Crippen molar-refractivity contribution >= 4 is 39.3 Å². The van der Waals surface area contributed by atoms with Crippen LogP contribution in [-0.2, 0) is 9.53 Å². The first-order valence-corrected chi connectivity index (χ1v) is 5.32. The second kappa shape index (κ2) is 4.58. The van der Waals surface area contributed by atoms with Crippen LogP contribution in [0.3, 0.4) is 0 Å². The van der Waals surface area contributed by atoms with Crippen molar-refractivity contribution < 1.29 is 9.53 Å². The van der Waals surface area contributed by atoms with Crippen LogP contribution in [0.25, 0.3) is 6.08 Å². The molecular formula is C9H9BrO2S. The molecule has 2 nitrogen and oxygen atoms in total. The van der Waals surface area contributed by atoms with Gasteiger partial charge in [-0.25, -0.2) is 4.79 Å². The number of esters is 1. The zero-order valence-corrected chi connectivity index (χ0v) is 9.74. The Kier molecular flexibility index (Phi) is 3.69. The third-order valence-corrected chi connectivity index (χ3v) is 3.06. The minimum atomic E-state index is -0.354. The fourth-order valence-electron chi connectivity index (χ4n) is 0.804. The molecule has 0 unspecified atom stereocenters. The Hall–Kier alpha value is -0.610. The molecule has 0 aliphatic carbocycles. The smallest absolute Gasteiger partial charge is 0.345 e. The number of carbonyl (C=O) groups excluding carboxylic acids is 1. The fraction of sp³-hybridized carbons (Fsp3) is 0.222. The summed E-state index contributed by atoms with van der Waals surface area (Å²) in [4.78, 5) is 12.1. The molecule has 1 rings (SSSR count). The van der Waals surface area contributed by atoms with Crippen LogP contribution in [0.4, 0.5) is 0 Å². The number of rotatable bonds is 2. The first kappa shape index (κ1) is 10.5. The summed E-state index contributed by atoms with van der Waals surface area (Å²) >= 11 is 4.74. The topological polar surface area (TPSA) is 26.3 Å². The highest BCUT2D eigenvalue weighted by Gasteiger charge is 2.06. The standard InChI is InChI=1S/C9H9BrO2S/c1-6-3-4-13-8(6)5-7(10)9(11)12-2/h3-5H,1-2H3/b7-5-. The molecule has 1 heterocycles. The summed E-state index contributed by atoms with van der Waals surface area (Å²) in [6.45, 7) is 2.00. The van der Waals surface area contributed by atoms with E-state index in [0.717, 1.165) is 10.4 Å². The summed E-state index contributed by atoms with van der Waals surface area (Å²) in [7, 11) is 1.36. The van der Waals surface area contributed by atoms with Gasteiger partial charge in [-0.3, -0.25) is 0 Å². The number of methoxy groups -OCH3 is 1. The average Bonchev–Trinajstić information content (AvgIpc) is 2.50. The third kappa shape index (κ3) is 2.67. The Labute approximate surface area is 89.3 Å². The number of carbonyl (C=O) groups is 1. The van der Waals surface area contributed by atoms with Gasteiger partial charge in [0.2, 0.25) is 0 Å². The van der Waals surface area contributed by atoms with Gasteiger partial charge in [0.1, 0.15) is 4.48 Å². The van der Waals surface area contributed by atoms with Crippen molar-refractivity contribution in [2.45, 2.75) is 6.92 Å². The van der Waals surface area contributed by atoms with Crippen molar-refractivity contribution in [2.75, 3.05) is 7.11 Å². The van der Waals surface area contributed by atoms with E-state index >= 15 is 0 Å². The predicted octanol–water partition coefficient (Wildman–Crippen LogP) is 2.97. The van der Waals surface area contributed by atoms with Gasteiger partial charge in [0, 0.05) is 4.88 Å². The molecular weight excluding hydrogens is 252 g/mol. The molecule has 0 N–H and O–H groups in total. The van der Waals surface area contributed by atoms with Gasteiger partial charge in [0.05, 0.1) is 7.11 Å². The van der Waals surface area contributed by atoms with Gasteiger partial charge < -0.3 is 4.74 Å². The molecule has 0 aliphatic rings. The van der Waals surface area contributed by atoms with E-state index in [0.29, 0.717) is 4.48 Å². The summed E-state index contributed by atoms with van der Waals surface area (Å²) in [5.74, 6) is -0.354. The minimum Gasteiger partial charge on any atom is -0.465 e. The van der Waals surface area contributed by atoms with Crippen LogP contribution in [0, 0.1) is 6.92 Å². The van der Waals surface area contributed by atoms with Gasteiger partial charge in [-0.15, -0.1) is 11.3 Å². The normalized spacial score (nSPS) is 11.5. The molecule has 0 saturated carbocycles. The molecule has 0 spiro atoms. The molecule has 13 heavy (non-hydrogen) atoms. The van der Waals surface area contributed by atoms with Crippen molar-refractivity contribution in [1.82, 2.24) is 0 Å². The van der Waals surface area contributed by atoms with Gasteiger partial charge in [-0.1, -0.05) is 0 Å². The maximum atomic E-state index is 11.0. The summed E-state index contributed by atoms with van der Waals surface area (Å²) < 4.78 is 5.00. The zero-order chi connectivity index (χ0) is 9.84. The first-order valence-electron chi connectivity index (χ1n) is 3.64. The Balaban J connectivity index is 2.88. The summed E-state index contributed by atoms with van der Waals surface area (Å²) in [5.41, 5.74) is 1.16. The van der Waals surface area contributed by atoms with Crippen molar-refractivity contribution in [1.29, 1.82) is 0 Å². The molecule has 0 bridgehead atoms. The van der Waals surface area contributed by atoms with Crippen LogP contribution < -0.4 is 0 Å². The second-order valence-corrected chi connectivity index (χ2v) is 4.25. The van der Waals surface area contributed by atoms with E-state index in [1.165, 1.54) is 7.11 Å². The van der Waals surface area contributed by atoms with Crippen LogP contribution in [0.15, 0.2) is 15.9 Å². The lowest BCUT2D eigenvalue weighted by atomic mass is 10.3. The van der Waals surface area contributed by atoms with Crippen molar-refractivity contribution in [3.8, 4) is 0 Å². The maximum absolute atomic E-state index is 11.0. The SMILES string of the molecule is COC(=O)/C(Br)=C/c1sccc1C. The van der Waals surface area contributed by atoms with Crippen LogP contribution in [0.1, 0.15) is 10.4 Å². The van der Waals surface area contributed by atoms with Crippen LogP contribution in [-0.4, -0.2) is 13.1 Å². The number of halogens is 1. The lowest BCUT2D eigenvalue weighted by Crippen LogP contribution is -1.98. The number of hydrogen-bond acceptors (Lipinski definition) is 3. The zero-order valence-electron chi connectivity index (χ0n) is 7.33. The molecule has 0 aromatic carbocycles. The van der Waals surface area contributed by atoms with Crippen molar-refractivity contribution in [2.24, 2.45) is 0 Å². The molecule has 1 aromatic heterocycles. The van der Waals surface area contributed by atoms with Gasteiger partial charge in [0.25, 0.3) is 0 Å². The van der Waals surface area contributed by atoms with Crippen LogP contribution >= 0.6 is 27.3 Å². The Morgan fingerprint density at radius 2 is 2.38 bits per heavy atom. The van der Waals surface area contributed by atoms with Gasteiger partial charge in [-0.05, 0) is 45.9 Å². The summed E-state index contributed by atoms with van der Waals surface area (Å²) in [5, 5.41) is 1.98. The van der Waals surface area contributed by atoms with E-state index in [4.69, 9.17) is 0 Å². The minimum absolute atomic E-state index is 0.354. The highest BCUT2D eigenvalue weighted by molar-refractivity contribution is 9.12. The average molecular weight is 261 g/mol. The van der Waals surface area contributed by atoms with Crippen LogP contribution in [0.5, 0.6) is 0 Å². The maximum Gasteiger partial charge on any atom is 0.345 e. The monoisotopic (exact) mass is 260 g/mol.